The van der Waals surface area contributed by atoms with Gasteiger partial charge in [-0.05, 0) is 44.9 Å². The molecule has 1 aromatic carbocycles. The van der Waals surface area contributed by atoms with E-state index in [2.05, 4.69) is 41.4 Å². The second-order valence-electron chi connectivity index (χ2n) is 6.67. The number of carbonyl (C=O) groups is 1. The van der Waals surface area contributed by atoms with Crippen LogP contribution < -0.4 is 10.2 Å². The lowest BCUT2D eigenvalue weighted by Crippen LogP contribution is -2.55. The first-order chi connectivity index (χ1) is 9.89. The zero-order chi connectivity index (χ0) is 15.5. The average molecular weight is 289 g/mol. The van der Waals surface area contributed by atoms with Crippen molar-refractivity contribution in [2.45, 2.75) is 39.7 Å². The van der Waals surface area contributed by atoms with Crippen LogP contribution in [0.1, 0.15) is 33.3 Å². The molecule has 1 aromatic rings. The molecule has 0 unspecified atom stereocenters. The van der Waals surface area contributed by atoms with E-state index < -0.39 is 0 Å². The van der Waals surface area contributed by atoms with Gasteiger partial charge in [-0.15, -0.1) is 0 Å². The fraction of sp³-hybridized carbons (Fsp3) is 0.588. The number of urea groups is 1. The molecule has 1 aliphatic rings. The average Bonchev–Trinajstić information content (AvgIpc) is 2.46. The monoisotopic (exact) mass is 289 g/mol. The number of hydrogen-bond acceptors (Lipinski definition) is 2. The summed E-state index contributed by atoms with van der Waals surface area (Å²) < 4.78 is 0. The van der Waals surface area contributed by atoms with Gasteiger partial charge in [0.25, 0.3) is 0 Å². The van der Waals surface area contributed by atoms with E-state index in [0.29, 0.717) is 0 Å². The van der Waals surface area contributed by atoms with Gasteiger partial charge in [-0.1, -0.05) is 19.1 Å². The zero-order valence-electron chi connectivity index (χ0n) is 13.6. The number of benzene rings is 1. The van der Waals surface area contributed by atoms with Crippen LogP contribution in [0.15, 0.2) is 24.3 Å². The van der Waals surface area contributed by atoms with Crippen molar-refractivity contribution in [3.05, 3.63) is 29.8 Å². The van der Waals surface area contributed by atoms with E-state index in [-0.39, 0.29) is 11.6 Å². The Hall–Kier alpha value is -1.71. The quantitative estimate of drug-likeness (QED) is 0.908. The van der Waals surface area contributed by atoms with Crippen LogP contribution in [0.4, 0.5) is 10.5 Å². The molecule has 1 saturated heterocycles. The van der Waals surface area contributed by atoms with E-state index in [1.165, 1.54) is 11.3 Å². The number of nitrogens with one attached hydrogen (secondary N) is 1. The molecule has 4 nitrogen and oxygen atoms in total. The van der Waals surface area contributed by atoms with Crippen molar-refractivity contribution in [1.82, 2.24) is 10.2 Å². The summed E-state index contributed by atoms with van der Waals surface area (Å²) in [5, 5.41) is 3.03. The molecule has 2 amide bonds. The molecule has 0 spiro atoms. The number of nitrogens with zero attached hydrogens (tertiary/aromatic N) is 2. The van der Waals surface area contributed by atoms with Crippen molar-refractivity contribution < 1.29 is 4.79 Å². The SMILES string of the molecule is CCc1ccc(N2CCN(C(=O)NC(C)(C)C)CC2)cc1. The van der Waals surface area contributed by atoms with Crippen LogP contribution in [0.2, 0.25) is 0 Å². The van der Waals surface area contributed by atoms with Crippen molar-refractivity contribution >= 4 is 11.7 Å². The minimum absolute atomic E-state index is 0.0449. The van der Waals surface area contributed by atoms with Crippen molar-refractivity contribution in [3.8, 4) is 0 Å². The van der Waals surface area contributed by atoms with Crippen molar-refractivity contribution in [2.24, 2.45) is 0 Å². The maximum Gasteiger partial charge on any atom is 0.317 e. The van der Waals surface area contributed by atoms with Crippen LogP contribution in [0.25, 0.3) is 0 Å². The molecule has 2 rings (SSSR count). The molecule has 1 heterocycles. The second-order valence-corrected chi connectivity index (χ2v) is 6.67. The Labute approximate surface area is 128 Å². The fourth-order valence-corrected chi connectivity index (χ4v) is 2.51. The van der Waals surface area contributed by atoms with Gasteiger partial charge in [-0.3, -0.25) is 0 Å². The molecule has 0 radical (unpaired) electrons. The Kier molecular flexibility index (Phi) is 4.76. The minimum Gasteiger partial charge on any atom is -0.368 e. The lowest BCUT2D eigenvalue weighted by molar-refractivity contribution is 0.185. The van der Waals surface area contributed by atoms with Crippen LogP contribution in [0, 0.1) is 0 Å². The zero-order valence-corrected chi connectivity index (χ0v) is 13.6. The predicted molar refractivity (Wildman–Crippen MR) is 87.9 cm³/mol. The third-order valence-corrected chi connectivity index (χ3v) is 3.76. The first-order valence-corrected chi connectivity index (χ1v) is 7.80. The number of aryl methyl sites for hydroxylation is 1. The van der Waals surface area contributed by atoms with Crippen LogP contribution in [-0.2, 0) is 6.42 Å². The first kappa shape index (κ1) is 15.7. The highest BCUT2D eigenvalue weighted by molar-refractivity contribution is 5.75. The summed E-state index contributed by atoms with van der Waals surface area (Å²) in [6.07, 6.45) is 1.07. The van der Waals surface area contributed by atoms with Crippen molar-refractivity contribution in [1.29, 1.82) is 0 Å². The van der Waals surface area contributed by atoms with Gasteiger partial charge in [0, 0.05) is 37.4 Å². The van der Waals surface area contributed by atoms with E-state index >= 15 is 0 Å². The number of carbonyl (C=O) groups excluding carboxylic acids is 1. The molecule has 1 aliphatic heterocycles. The number of anilines is 1. The van der Waals surface area contributed by atoms with E-state index in [0.717, 1.165) is 32.6 Å². The predicted octanol–water partition coefficient (Wildman–Crippen LogP) is 2.88. The van der Waals surface area contributed by atoms with Gasteiger partial charge in [0.15, 0.2) is 0 Å². The third kappa shape index (κ3) is 4.38. The molecular formula is C17H27N3O. The molecular weight excluding hydrogens is 262 g/mol. The van der Waals surface area contributed by atoms with Crippen LogP contribution in [0.5, 0.6) is 0 Å². The summed E-state index contributed by atoms with van der Waals surface area (Å²) in [6.45, 7) is 11.5. The van der Waals surface area contributed by atoms with Gasteiger partial charge in [0.2, 0.25) is 0 Å². The van der Waals surface area contributed by atoms with Gasteiger partial charge in [0.05, 0.1) is 0 Å². The normalized spacial score (nSPS) is 16.0. The van der Waals surface area contributed by atoms with Gasteiger partial charge in [-0.2, -0.15) is 0 Å². The molecule has 4 heteroatoms. The number of amides is 2. The Balaban J connectivity index is 1.89. The van der Waals surface area contributed by atoms with E-state index in [4.69, 9.17) is 0 Å². The molecule has 0 aliphatic carbocycles. The fourth-order valence-electron chi connectivity index (χ4n) is 2.51. The van der Waals surface area contributed by atoms with Crippen LogP contribution >= 0.6 is 0 Å². The highest BCUT2D eigenvalue weighted by atomic mass is 16.2. The van der Waals surface area contributed by atoms with E-state index in [1.54, 1.807) is 0 Å². The molecule has 0 atom stereocenters. The number of piperazine rings is 1. The first-order valence-electron chi connectivity index (χ1n) is 7.80. The summed E-state index contributed by atoms with van der Waals surface area (Å²) in [5.41, 5.74) is 2.44. The lowest BCUT2D eigenvalue weighted by atomic mass is 10.1. The largest absolute Gasteiger partial charge is 0.368 e. The van der Waals surface area contributed by atoms with Gasteiger partial charge in [-0.25, -0.2) is 4.79 Å². The summed E-state index contributed by atoms with van der Waals surface area (Å²) in [6, 6.07) is 8.79. The maximum atomic E-state index is 12.1. The van der Waals surface area contributed by atoms with E-state index in [9.17, 15) is 4.79 Å². The van der Waals surface area contributed by atoms with Crippen LogP contribution in [-0.4, -0.2) is 42.6 Å². The van der Waals surface area contributed by atoms with Crippen LogP contribution in [0.3, 0.4) is 0 Å². The smallest absolute Gasteiger partial charge is 0.317 e. The molecule has 0 saturated carbocycles. The minimum atomic E-state index is -0.176. The standard InChI is InChI=1S/C17H27N3O/c1-5-14-6-8-15(9-7-14)19-10-12-20(13-11-19)16(21)18-17(2,3)4/h6-9H,5,10-13H2,1-4H3,(H,18,21). The Bertz CT molecular complexity index is 468. The van der Waals surface area contributed by atoms with E-state index in [1.807, 2.05) is 25.7 Å². The van der Waals surface area contributed by atoms with Crippen molar-refractivity contribution in [3.63, 3.8) is 0 Å². The molecule has 21 heavy (non-hydrogen) atoms. The molecule has 1 N–H and O–H groups in total. The molecule has 0 aromatic heterocycles. The summed E-state index contributed by atoms with van der Waals surface area (Å²) >= 11 is 0. The third-order valence-electron chi connectivity index (χ3n) is 3.76. The summed E-state index contributed by atoms with van der Waals surface area (Å²) in [5.74, 6) is 0. The topological polar surface area (TPSA) is 35.6 Å². The highest BCUT2D eigenvalue weighted by Crippen LogP contribution is 2.18. The van der Waals surface area contributed by atoms with Gasteiger partial charge in [0.1, 0.15) is 0 Å². The molecule has 116 valence electrons. The highest BCUT2D eigenvalue weighted by Gasteiger charge is 2.23. The summed E-state index contributed by atoms with van der Waals surface area (Å²) in [4.78, 5) is 16.4. The lowest BCUT2D eigenvalue weighted by Gasteiger charge is -2.37. The Morgan fingerprint density at radius 1 is 1.10 bits per heavy atom. The number of hydrogen-bond donors (Lipinski definition) is 1. The Morgan fingerprint density at radius 3 is 2.14 bits per heavy atom. The van der Waals surface area contributed by atoms with Gasteiger partial charge >= 0.3 is 6.03 Å². The van der Waals surface area contributed by atoms with Crippen molar-refractivity contribution in [2.75, 3.05) is 31.1 Å². The summed E-state index contributed by atoms with van der Waals surface area (Å²) in [7, 11) is 0. The van der Waals surface area contributed by atoms with Gasteiger partial charge < -0.3 is 15.1 Å². The molecule has 0 bridgehead atoms. The Morgan fingerprint density at radius 2 is 1.67 bits per heavy atom. The maximum absolute atomic E-state index is 12.1. The molecule has 1 fully saturated rings. The second kappa shape index (κ2) is 6.37. The number of rotatable bonds is 2.